The van der Waals surface area contributed by atoms with E-state index < -0.39 is 22.3 Å². The van der Waals surface area contributed by atoms with Crippen molar-refractivity contribution in [2.24, 2.45) is 0 Å². The van der Waals surface area contributed by atoms with Gasteiger partial charge in [0.15, 0.2) is 5.75 Å². The largest absolute Gasteiger partial charge is 0.502 e. The molecule has 0 saturated heterocycles. The molecule has 0 spiro atoms. The van der Waals surface area contributed by atoms with Crippen LogP contribution in [0.3, 0.4) is 0 Å². The van der Waals surface area contributed by atoms with Gasteiger partial charge >= 0.3 is 11.7 Å². The van der Waals surface area contributed by atoms with Crippen LogP contribution in [0.25, 0.3) is 0 Å². The van der Waals surface area contributed by atoms with E-state index >= 15 is 0 Å². The Morgan fingerprint density at radius 2 is 1.90 bits per heavy atom. The van der Waals surface area contributed by atoms with Gasteiger partial charge in [-0.05, 0) is 24.3 Å². The van der Waals surface area contributed by atoms with Crippen LogP contribution in [0, 0.1) is 10.1 Å². The molecule has 0 fully saturated rings. The number of phenols is 1. The fourth-order valence-corrected chi connectivity index (χ4v) is 1.66. The molecule has 0 radical (unpaired) electrons. The van der Waals surface area contributed by atoms with Gasteiger partial charge in [-0.2, -0.15) is 0 Å². The normalized spacial score (nSPS) is 9.95. The summed E-state index contributed by atoms with van der Waals surface area (Å²) in [4.78, 5) is 21.3. The molecule has 0 saturated carbocycles. The number of benzene rings is 2. The molecule has 0 heterocycles. The number of methoxy groups -OCH3 is 1. The fourth-order valence-electron chi connectivity index (χ4n) is 1.66. The lowest BCUT2D eigenvalue weighted by Crippen LogP contribution is -2.00. The average molecular weight is 289 g/mol. The predicted octanol–water partition coefficient (Wildman–Crippen LogP) is 2.88. The highest BCUT2D eigenvalue weighted by molar-refractivity contribution is 5.89. The molecule has 0 unspecified atom stereocenters. The Bertz CT molecular complexity index is 698. The molecule has 21 heavy (non-hydrogen) atoms. The minimum absolute atomic E-state index is 0.208. The number of nitro benzene ring substituents is 1. The number of carbonyl (C=O) groups is 1. The number of phenolic OH excluding ortho intramolecular Hbond substituents is 1. The summed E-state index contributed by atoms with van der Waals surface area (Å²) in [7, 11) is 1.27. The zero-order chi connectivity index (χ0) is 15.4. The van der Waals surface area contributed by atoms with Crippen molar-refractivity contribution in [1.82, 2.24) is 0 Å². The van der Waals surface area contributed by atoms with Crippen LogP contribution in [0.1, 0.15) is 10.4 Å². The number of nitro groups is 1. The van der Waals surface area contributed by atoms with Crippen molar-refractivity contribution in [1.29, 1.82) is 0 Å². The van der Waals surface area contributed by atoms with Crippen molar-refractivity contribution in [2.45, 2.75) is 0 Å². The van der Waals surface area contributed by atoms with Gasteiger partial charge in [0.25, 0.3) is 0 Å². The van der Waals surface area contributed by atoms with Crippen molar-refractivity contribution in [3.8, 4) is 17.2 Å². The van der Waals surface area contributed by atoms with Crippen molar-refractivity contribution in [3.63, 3.8) is 0 Å². The van der Waals surface area contributed by atoms with Crippen molar-refractivity contribution < 1.29 is 24.3 Å². The fraction of sp³-hybridized carbons (Fsp3) is 0.0714. The van der Waals surface area contributed by atoms with Crippen LogP contribution in [-0.2, 0) is 4.74 Å². The minimum Gasteiger partial charge on any atom is -0.502 e. The second-order valence-corrected chi connectivity index (χ2v) is 4.03. The van der Waals surface area contributed by atoms with E-state index in [1.165, 1.54) is 19.2 Å². The van der Waals surface area contributed by atoms with E-state index in [2.05, 4.69) is 4.74 Å². The number of hydrogen-bond acceptors (Lipinski definition) is 6. The highest BCUT2D eigenvalue weighted by atomic mass is 16.6. The lowest BCUT2D eigenvalue weighted by Gasteiger charge is -2.07. The molecule has 7 nitrogen and oxygen atoms in total. The molecule has 0 amide bonds. The van der Waals surface area contributed by atoms with E-state index in [-0.39, 0.29) is 5.75 Å². The third-order valence-corrected chi connectivity index (χ3v) is 2.63. The first-order valence-corrected chi connectivity index (χ1v) is 5.85. The summed E-state index contributed by atoms with van der Waals surface area (Å²) in [5.74, 6) is -0.458. The summed E-state index contributed by atoms with van der Waals surface area (Å²) in [6.07, 6.45) is 0. The van der Waals surface area contributed by atoms with Crippen molar-refractivity contribution in [3.05, 3.63) is 58.1 Å². The molecule has 0 aliphatic heterocycles. The molecule has 0 atom stereocenters. The van der Waals surface area contributed by atoms with E-state index in [0.29, 0.717) is 11.3 Å². The van der Waals surface area contributed by atoms with Gasteiger partial charge in [0, 0.05) is 12.1 Å². The maximum atomic E-state index is 11.4. The number of rotatable bonds is 4. The van der Waals surface area contributed by atoms with Gasteiger partial charge in [-0.3, -0.25) is 10.1 Å². The van der Waals surface area contributed by atoms with Gasteiger partial charge in [-0.25, -0.2) is 4.79 Å². The number of hydrogen-bond donors (Lipinski definition) is 1. The standard InChI is InChI=1S/C14H11NO6/c1-20-14(17)9-3-2-4-10(7-9)21-11-5-6-12(15(18)19)13(16)8-11/h2-8,16H,1H3. The van der Waals surface area contributed by atoms with Crippen LogP contribution < -0.4 is 4.74 Å². The highest BCUT2D eigenvalue weighted by Gasteiger charge is 2.14. The third-order valence-electron chi connectivity index (χ3n) is 2.63. The molecule has 0 aromatic heterocycles. The first-order valence-electron chi connectivity index (χ1n) is 5.85. The molecule has 2 aromatic rings. The minimum atomic E-state index is -0.697. The quantitative estimate of drug-likeness (QED) is 0.528. The SMILES string of the molecule is COC(=O)c1cccc(Oc2ccc([N+](=O)[O-])c(O)c2)c1. The predicted molar refractivity (Wildman–Crippen MR) is 72.6 cm³/mol. The first kappa shape index (κ1) is 14.3. The molecule has 2 rings (SSSR count). The Labute approximate surface area is 119 Å². The molecule has 0 bridgehead atoms. The Kier molecular flexibility index (Phi) is 4.03. The second kappa shape index (κ2) is 5.91. The molecule has 1 N–H and O–H groups in total. The van der Waals surface area contributed by atoms with Crippen molar-refractivity contribution in [2.75, 3.05) is 7.11 Å². The molecular formula is C14H11NO6. The number of esters is 1. The van der Waals surface area contributed by atoms with E-state index in [9.17, 15) is 20.0 Å². The average Bonchev–Trinajstić information content (AvgIpc) is 2.46. The Morgan fingerprint density at radius 1 is 1.19 bits per heavy atom. The molecule has 2 aromatic carbocycles. The third kappa shape index (κ3) is 3.27. The van der Waals surface area contributed by atoms with Crippen LogP contribution in [0.5, 0.6) is 17.2 Å². The monoisotopic (exact) mass is 289 g/mol. The lowest BCUT2D eigenvalue weighted by atomic mass is 10.2. The number of aromatic hydroxyl groups is 1. The maximum absolute atomic E-state index is 11.4. The van der Waals surface area contributed by atoms with Crippen LogP contribution in [0.4, 0.5) is 5.69 Å². The topological polar surface area (TPSA) is 98.9 Å². The number of nitrogens with zero attached hydrogens (tertiary/aromatic N) is 1. The van der Waals surface area contributed by atoms with Crippen LogP contribution in [-0.4, -0.2) is 23.1 Å². The number of carbonyl (C=O) groups excluding carboxylic acids is 1. The zero-order valence-electron chi connectivity index (χ0n) is 11.0. The zero-order valence-corrected chi connectivity index (χ0v) is 11.0. The maximum Gasteiger partial charge on any atom is 0.337 e. The van der Waals surface area contributed by atoms with E-state index in [4.69, 9.17) is 4.74 Å². The highest BCUT2D eigenvalue weighted by Crippen LogP contribution is 2.32. The summed E-state index contributed by atoms with van der Waals surface area (Å²) in [6, 6.07) is 9.84. The van der Waals surface area contributed by atoms with Gasteiger partial charge in [0.1, 0.15) is 11.5 Å². The lowest BCUT2D eigenvalue weighted by molar-refractivity contribution is -0.385. The summed E-state index contributed by atoms with van der Waals surface area (Å²) >= 11 is 0. The molecular weight excluding hydrogens is 278 g/mol. The van der Waals surface area contributed by atoms with Gasteiger partial charge in [0.05, 0.1) is 17.6 Å². The van der Waals surface area contributed by atoms with Gasteiger partial charge in [0.2, 0.25) is 0 Å². The summed E-state index contributed by atoms with van der Waals surface area (Å²) in [5, 5.41) is 20.1. The first-order chi connectivity index (χ1) is 10.0. The Morgan fingerprint density at radius 3 is 2.52 bits per heavy atom. The van der Waals surface area contributed by atoms with E-state index in [1.54, 1.807) is 18.2 Å². The summed E-state index contributed by atoms with van der Waals surface area (Å²) in [5.41, 5.74) is -0.105. The van der Waals surface area contributed by atoms with Crippen molar-refractivity contribution >= 4 is 11.7 Å². The van der Waals surface area contributed by atoms with Crippen LogP contribution in [0.2, 0.25) is 0 Å². The summed E-state index contributed by atoms with van der Waals surface area (Å²) < 4.78 is 10.0. The molecule has 7 heteroatoms. The van der Waals surface area contributed by atoms with E-state index in [0.717, 1.165) is 12.1 Å². The Hall–Kier alpha value is -3.09. The molecule has 0 aliphatic rings. The van der Waals surface area contributed by atoms with Gasteiger partial charge in [-0.15, -0.1) is 0 Å². The van der Waals surface area contributed by atoms with Gasteiger partial charge in [-0.1, -0.05) is 6.07 Å². The Balaban J connectivity index is 2.24. The molecule has 108 valence electrons. The summed E-state index contributed by atoms with van der Waals surface area (Å²) in [6.45, 7) is 0. The second-order valence-electron chi connectivity index (χ2n) is 4.03. The van der Waals surface area contributed by atoms with Gasteiger partial charge < -0.3 is 14.6 Å². The smallest absolute Gasteiger partial charge is 0.337 e. The number of ether oxygens (including phenoxy) is 2. The molecule has 0 aliphatic carbocycles. The van der Waals surface area contributed by atoms with E-state index in [1.807, 2.05) is 0 Å². The van der Waals surface area contributed by atoms with Crippen LogP contribution in [0.15, 0.2) is 42.5 Å². The van der Waals surface area contributed by atoms with Crippen LogP contribution >= 0.6 is 0 Å².